The number of aromatic nitrogens is 2. The molecule has 0 amide bonds. The molecule has 1 heterocycles. The van der Waals surface area contributed by atoms with Crippen molar-refractivity contribution in [2.45, 2.75) is 45.8 Å². The van der Waals surface area contributed by atoms with Gasteiger partial charge in [0, 0.05) is 30.4 Å². The summed E-state index contributed by atoms with van der Waals surface area (Å²) in [7, 11) is 0. The number of alkyl halides is 1. The lowest BCUT2D eigenvalue weighted by Gasteiger charge is -2.52. The Hall–Kier alpha value is -1.06. The van der Waals surface area contributed by atoms with Gasteiger partial charge in [0.25, 0.3) is 0 Å². The largest absolute Gasteiger partial charge is 0.378 e. The van der Waals surface area contributed by atoms with Gasteiger partial charge in [-0.15, -0.1) is 11.6 Å². The summed E-state index contributed by atoms with van der Waals surface area (Å²) in [5, 5.41) is 0. The highest BCUT2D eigenvalue weighted by molar-refractivity contribution is 6.17. The number of ether oxygens (including phenoxy) is 1. The zero-order valence-corrected chi connectivity index (χ0v) is 13.7. The molecule has 2 aromatic rings. The molecular formula is C17H23ClN2O. The average Bonchev–Trinajstić information content (AvgIpc) is 2.81. The van der Waals surface area contributed by atoms with E-state index in [1.54, 1.807) is 0 Å². The van der Waals surface area contributed by atoms with Crippen LogP contribution in [-0.4, -0.2) is 28.1 Å². The van der Waals surface area contributed by atoms with Crippen LogP contribution in [0.1, 0.15) is 39.1 Å². The molecule has 0 saturated heterocycles. The second-order valence-electron chi connectivity index (χ2n) is 6.34. The van der Waals surface area contributed by atoms with Gasteiger partial charge in [0.15, 0.2) is 0 Å². The minimum absolute atomic E-state index is 0.126. The first-order valence-corrected chi connectivity index (χ1v) is 8.26. The first kappa shape index (κ1) is 14.9. The predicted octanol–water partition coefficient (Wildman–Crippen LogP) is 4.19. The van der Waals surface area contributed by atoms with E-state index >= 15 is 0 Å². The summed E-state index contributed by atoms with van der Waals surface area (Å²) in [5.74, 6) is 1.70. The number of para-hydroxylation sites is 2. The highest BCUT2D eigenvalue weighted by atomic mass is 35.5. The smallest absolute Gasteiger partial charge is 0.111 e. The SMILES string of the molecule is CCOC1CC(n2c(CCCl)nc3ccccc32)C1(C)C. The fraction of sp³-hybridized carbons (Fsp3) is 0.588. The molecule has 0 aliphatic heterocycles. The molecular weight excluding hydrogens is 284 g/mol. The fourth-order valence-corrected chi connectivity index (χ4v) is 3.66. The minimum atomic E-state index is 0.126. The van der Waals surface area contributed by atoms with Gasteiger partial charge in [0.1, 0.15) is 5.82 Å². The quantitative estimate of drug-likeness (QED) is 0.774. The maximum absolute atomic E-state index is 5.97. The Morgan fingerprint density at radius 3 is 2.81 bits per heavy atom. The maximum atomic E-state index is 5.97. The van der Waals surface area contributed by atoms with Crippen molar-refractivity contribution in [1.29, 1.82) is 0 Å². The van der Waals surface area contributed by atoms with Crippen molar-refractivity contribution in [3.8, 4) is 0 Å². The van der Waals surface area contributed by atoms with Crippen molar-refractivity contribution in [3.63, 3.8) is 0 Å². The van der Waals surface area contributed by atoms with Crippen LogP contribution in [0.4, 0.5) is 0 Å². The summed E-state index contributed by atoms with van der Waals surface area (Å²) < 4.78 is 8.27. The molecule has 2 atom stereocenters. The molecule has 4 heteroatoms. The van der Waals surface area contributed by atoms with Gasteiger partial charge in [-0.3, -0.25) is 0 Å². The van der Waals surface area contributed by atoms with Crippen LogP contribution in [0.15, 0.2) is 24.3 Å². The van der Waals surface area contributed by atoms with Crippen molar-refractivity contribution in [1.82, 2.24) is 9.55 Å². The molecule has 3 nitrogen and oxygen atoms in total. The van der Waals surface area contributed by atoms with Crippen molar-refractivity contribution in [2.24, 2.45) is 5.41 Å². The van der Waals surface area contributed by atoms with Gasteiger partial charge in [-0.2, -0.15) is 0 Å². The highest BCUT2D eigenvalue weighted by Gasteiger charge is 2.50. The zero-order chi connectivity index (χ0) is 15.0. The summed E-state index contributed by atoms with van der Waals surface area (Å²) in [6.45, 7) is 7.43. The standard InChI is InChI=1S/C17H23ClN2O/c1-4-21-15-11-14(17(15,2)3)20-13-8-6-5-7-12(13)19-16(20)9-10-18/h5-8,14-15H,4,9-11H2,1-3H3. The van der Waals surface area contributed by atoms with E-state index in [0.29, 0.717) is 18.0 Å². The molecule has 1 aromatic heterocycles. The molecule has 3 rings (SSSR count). The number of nitrogens with zero attached hydrogens (tertiary/aromatic N) is 2. The second kappa shape index (κ2) is 5.62. The van der Waals surface area contributed by atoms with E-state index in [9.17, 15) is 0 Å². The van der Waals surface area contributed by atoms with Crippen LogP contribution in [0.5, 0.6) is 0 Å². The zero-order valence-electron chi connectivity index (χ0n) is 13.0. The Morgan fingerprint density at radius 1 is 1.38 bits per heavy atom. The first-order chi connectivity index (χ1) is 10.1. The fourth-order valence-electron chi connectivity index (χ4n) is 3.49. The molecule has 0 spiro atoms. The lowest BCUT2D eigenvalue weighted by atomic mass is 9.64. The summed E-state index contributed by atoms with van der Waals surface area (Å²) in [4.78, 5) is 4.78. The molecule has 1 aliphatic carbocycles. The first-order valence-electron chi connectivity index (χ1n) is 7.73. The third-order valence-corrected chi connectivity index (χ3v) is 4.98. The van der Waals surface area contributed by atoms with Gasteiger partial charge in [-0.25, -0.2) is 4.98 Å². The summed E-state index contributed by atoms with van der Waals surface area (Å²) in [6, 6.07) is 8.79. The van der Waals surface area contributed by atoms with Crippen molar-refractivity contribution in [3.05, 3.63) is 30.1 Å². The monoisotopic (exact) mass is 306 g/mol. The van der Waals surface area contributed by atoms with Crippen LogP contribution >= 0.6 is 11.6 Å². The molecule has 21 heavy (non-hydrogen) atoms. The van der Waals surface area contributed by atoms with Crippen LogP contribution in [-0.2, 0) is 11.2 Å². The topological polar surface area (TPSA) is 27.1 Å². The molecule has 1 aliphatic rings. The third-order valence-electron chi connectivity index (χ3n) is 4.79. The maximum Gasteiger partial charge on any atom is 0.111 e. The van der Waals surface area contributed by atoms with E-state index in [1.165, 1.54) is 5.52 Å². The number of aryl methyl sites for hydroxylation is 1. The van der Waals surface area contributed by atoms with Gasteiger partial charge in [0.2, 0.25) is 0 Å². The Kier molecular flexibility index (Phi) is 3.98. The number of benzene rings is 1. The minimum Gasteiger partial charge on any atom is -0.378 e. The molecule has 2 unspecified atom stereocenters. The van der Waals surface area contributed by atoms with E-state index in [-0.39, 0.29) is 5.41 Å². The van der Waals surface area contributed by atoms with Crippen LogP contribution in [0.2, 0.25) is 0 Å². The number of hydrogen-bond donors (Lipinski definition) is 0. The number of rotatable bonds is 5. The van der Waals surface area contributed by atoms with E-state index in [1.807, 2.05) is 6.07 Å². The summed E-state index contributed by atoms with van der Waals surface area (Å²) in [6.07, 6.45) is 2.19. The van der Waals surface area contributed by atoms with Crippen molar-refractivity contribution in [2.75, 3.05) is 12.5 Å². The van der Waals surface area contributed by atoms with Gasteiger partial charge in [-0.05, 0) is 25.5 Å². The Balaban J connectivity index is 2.02. The summed E-state index contributed by atoms with van der Waals surface area (Å²) in [5.41, 5.74) is 2.40. The molecule has 1 saturated carbocycles. The number of fused-ring (bicyclic) bond motifs is 1. The second-order valence-corrected chi connectivity index (χ2v) is 6.72. The third kappa shape index (κ3) is 2.36. The van der Waals surface area contributed by atoms with Crippen LogP contribution in [0.3, 0.4) is 0 Å². The Labute approximate surface area is 131 Å². The van der Waals surface area contributed by atoms with Gasteiger partial charge >= 0.3 is 0 Å². The van der Waals surface area contributed by atoms with E-state index in [0.717, 1.165) is 30.8 Å². The Morgan fingerprint density at radius 2 is 2.14 bits per heavy atom. The lowest BCUT2D eigenvalue weighted by Crippen LogP contribution is -2.51. The normalized spacial score (nSPS) is 24.2. The van der Waals surface area contributed by atoms with Crippen LogP contribution in [0, 0.1) is 5.41 Å². The van der Waals surface area contributed by atoms with Crippen LogP contribution in [0.25, 0.3) is 11.0 Å². The number of halogens is 1. The average molecular weight is 307 g/mol. The molecule has 0 N–H and O–H groups in total. The van der Waals surface area contributed by atoms with Crippen molar-refractivity contribution >= 4 is 22.6 Å². The van der Waals surface area contributed by atoms with Gasteiger partial charge in [0.05, 0.1) is 17.1 Å². The van der Waals surface area contributed by atoms with Gasteiger partial charge in [-0.1, -0.05) is 26.0 Å². The molecule has 1 aromatic carbocycles. The Bertz CT molecular complexity index is 635. The highest BCUT2D eigenvalue weighted by Crippen LogP contribution is 2.52. The number of hydrogen-bond acceptors (Lipinski definition) is 2. The molecule has 114 valence electrons. The predicted molar refractivity (Wildman–Crippen MR) is 87.0 cm³/mol. The van der Waals surface area contributed by atoms with Crippen molar-refractivity contribution < 1.29 is 4.74 Å². The van der Waals surface area contributed by atoms with Gasteiger partial charge < -0.3 is 9.30 Å². The summed E-state index contributed by atoms with van der Waals surface area (Å²) >= 11 is 5.97. The molecule has 0 radical (unpaired) electrons. The molecule has 0 bridgehead atoms. The van der Waals surface area contributed by atoms with E-state index in [2.05, 4.69) is 43.5 Å². The lowest BCUT2D eigenvalue weighted by molar-refractivity contribution is -0.127. The van der Waals surface area contributed by atoms with E-state index in [4.69, 9.17) is 21.3 Å². The van der Waals surface area contributed by atoms with Crippen LogP contribution < -0.4 is 0 Å². The van der Waals surface area contributed by atoms with E-state index < -0.39 is 0 Å². The number of imidazole rings is 1. The molecule has 1 fully saturated rings.